The van der Waals surface area contributed by atoms with E-state index >= 15 is 4.79 Å². The van der Waals surface area contributed by atoms with Crippen molar-refractivity contribution in [2.45, 2.75) is 245 Å². The summed E-state index contributed by atoms with van der Waals surface area (Å²) in [6.45, 7) is 17.0. The number of benzene rings is 2. The van der Waals surface area contributed by atoms with Gasteiger partial charge in [-0.3, -0.25) is 62.5 Å². The van der Waals surface area contributed by atoms with Crippen LogP contribution in [-0.2, 0) is 86.4 Å². The van der Waals surface area contributed by atoms with Crippen LogP contribution >= 0.6 is 11.8 Å². The second kappa shape index (κ2) is 46.3. The number of amides is 9. The Hall–Kier alpha value is -7.23. The number of Topliss-reactive ketones (excluding diaryl/α,β-unsaturated/α-hetero) is 3. The van der Waals surface area contributed by atoms with Crippen LogP contribution in [0.4, 0.5) is 13.6 Å². The summed E-state index contributed by atoms with van der Waals surface area (Å²) in [5.41, 5.74) is 6.41. The SMILES string of the molecule is CC[C@H](C)[C@@H]([C@@H](CC(=O)N1C[C@@H](N(C)C(=O)OCc2ccc(CC(=O)[C@H](CCCCC(N)=O)NC(=O)[C@@H](CC(=O)CCCCCN3C(=O)CC(SCCCCCC(=O)NC)C3=O)C(C)C)cc2)C[C@H]1[C@H](OC)[C@@H](C)C(=O)NCCc1c(F)cccc1F)OC)N(C)C(=O)[C@@H](CC(=O)[C@H](C(C)C)N(C)C)C(C)C. The van der Waals surface area contributed by atoms with E-state index in [4.69, 9.17) is 19.9 Å². The molecule has 27 heteroatoms. The summed E-state index contributed by atoms with van der Waals surface area (Å²) in [7, 11) is 11.4. The van der Waals surface area contributed by atoms with Crippen LogP contribution in [0.5, 0.6) is 0 Å². The van der Waals surface area contributed by atoms with Gasteiger partial charge >= 0.3 is 6.09 Å². The van der Waals surface area contributed by atoms with Crippen molar-refractivity contribution in [2.75, 3.05) is 74.8 Å². The fourth-order valence-corrected chi connectivity index (χ4v) is 15.9. The molecule has 2 saturated heterocycles. The highest BCUT2D eigenvalue weighted by atomic mass is 32.2. The molecule has 107 heavy (non-hydrogen) atoms. The lowest BCUT2D eigenvalue weighted by Crippen LogP contribution is -2.54. The number of ketones is 3. The first-order chi connectivity index (χ1) is 50.6. The predicted octanol–water partition coefficient (Wildman–Crippen LogP) is 9.21. The number of carbonyl (C=O) groups excluding carboxylic acids is 12. The van der Waals surface area contributed by atoms with E-state index in [9.17, 15) is 61.5 Å². The molecule has 9 amide bonds. The number of hydrogen-bond donors (Lipinski definition) is 4. The molecule has 24 nitrogen and oxygen atoms in total. The van der Waals surface area contributed by atoms with Crippen LogP contribution < -0.4 is 21.7 Å². The minimum absolute atomic E-state index is 0.00497. The smallest absolute Gasteiger partial charge is 0.410 e. The normalized spacial score (nSPS) is 17.8. The third kappa shape index (κ3) is 28.6. The number of halogens is 2. The van der Waals surface area contributed by atoms with Crippen LogP contribution in [-0.4, -0.2) is 218 Å². The Morgan fingerprint density at radius 1 is 0.720 bits per heavy atom. The Labute approximate surface area is 638 Å². The van der Waals surface area contributed by atoms with Crippen molar-refractivity contribution in [3.63, 3.8) is 0 Å². The zero-order valence-electron chi connectivity index (χ0n) is 66.5. The molecule has 2 aromatic rings. The quantitative estimate of drug-likeness (QED) is 0.0354. The number of hydrogen-bond acceptors (Lipinski definition) is 17. The molecule has 0 radical (unpaired) electrons. The number of nitrogens with two attached hydrogens (primary N) is 1. The Bertz CT molecular complexity index is 3240. The monoisotopic (exact) mass is 1520 g/mol. The molecule has 600 valence electrons. The number of rotatable bonds is 50. The van der Waals surface area contributed by atoms with Crippen LogP contribution in [0, 0.1) is 53.1 Å². The third-order valence-electron chi connectivity index (χ3n) is 21.3. The highest BCUT2D eigenvalue weighted by Gasteiger charge is 2.48. The molecule has 0 bridgehead atoms. The molecule has 2 aliphatic rings. The molecule has 4 rings (SSSR count). The lowest BCUT2D eigenvalue weighted by molar-refractivity contribution is -0.149. The maximum atomic E-state index is 15.2. The van der Waals surface area contributed by atoms with Crippen LogP contribution in [0.25, 0.3) is 0 Å². The van der Waals surface area contributed by atoms with Gasteiger partial charge in [-0.15, -0.1) is 11.8 Å². The summed E-state index contributed by atoms with van der Waals surface area (Å²) >= 11 is 1.47. The topological polar surface area (TPSA) is 311 Å². The number of ether oxygens (including phenoxy) is 3. The summed E-state index contributed by atoms with van der Waals surface area (Å²) in [5, 5.41) is 7.89. The van der Waals surface area contributed by atoms with E-state index in [0.29, 0.717) is 56.1 Å². The number of unbranched alkanes of at least 4 members (excludes halogenated alkanes) is 5. The molecule has 2 fully saturated rings. The molecule has 0 saturated carbocycles. The molecule has 0 aromatic heterocycles. The largest absolute Gasteiger partial charge is 0.445 e. The van der Waals surface area contributed by atoms with Crippen molar-refractivity contribution in [2.24, 2.45) is 47.2 Å². The zero-order chi connectivity index (χ0) is 79.9. The number of nitrogens with one attached hydrogen (secondary N) is 3. The van der Waals surface area contributed by atoms with Gasteiger partial charge in [-0.25, -0.2) is 13.6 Å². The third-order valence-corrected chi connectivity index (χ3v) is 22.6. The van der Waals surface area contributed by atoms with Crippen molar-refractivity contribution in [3.05, 3.63) is 70.8 Å². The summed E-state index contributed by atoms with van der Waals surface area (Å²) in [6.07, 6.45) is 3.65. The van der Waals surface area contributed by atoms with Gasteiger partial charge in [0.1, 0.15) is 24.0 Å². The lowest BCUT2D eigenvalue weighted by atomic mass is 9.83. The molecule has 2 aliphatic heterocycles. The summed E-state index contributed by atoms with van der Waals surface area (Å²) < 4.78 is 47.4. The fraction of sp³-hybridized carbons (Fsp3) is 0.700. The molecule has 0 aliphatic carbocycles. The number of nitrogens with zero attached hydrogens (tertiary/aromatic N) is 5. The predicted molar refractivity (Wildman–Crippen MR) is 408 cm³/mol. The first kappa shape index (κ1) is 92.2. The second-order valence-electron chi connectivity index (χ2n) is 30.4. The minimum atomic E-state index is -0.971. The van der Waals surface area contributed by atoms with Crippen LogP contribution in [0.15, 0.2) is 42.5 Å². The number of methoxy groups -OCH3 is 2. The molecule has 2 aromatic carbocycles. The summed E-state index contributed by atoms with van der Waals surface area (Å²) in [5.74, 6) is -6.78. The Kier molecular flexibility index (Phi) is 39.9. The average Bonchev–Trinajstić information content (AvgIpc) is 1.09. The van der Waals surface area contributed by atoms with E-state index in [2.05, 4.69) is 16.0 Å². The van der Waals surface area contributed by atoms with Gasteiger partial charge in [-0.05, 0) is 118 Å². The fourth-order valence-electron chi connectivity index (χ4n) is 14.7. The highest BCUT2D eigenvalue weighted by molar-refractivity contribution is 8.00. The number of imide groups is 1. The molecule has 5 N–H and O–H groups in total. The molecule has 2 heterocycles. The summed E-state index contributed by atoms with van der Waals surface area (Å²) in [6, 6.07) is 6.86. The molecular weight excluding hydrogens is 1400 g/mol. The van der Waals surface area contributed by atoms with Crippen molar-refractivity contribution in [1.29, 1.82) is 0 Å². The van der Waals surface area contributed by atoms with E-state index in [1.54, 1.807) is 62.1 Å². The number of primary amides is 1. The first-order valence-electron chi connectivity index (χ1n) is 38.4. The van der Waals surface area contributed by atoms with E-state index in [1.807, 2.05) is 74.4 Å². The molecule has 1 unspecified atom stereocenters. The van der Waals surface area contributed by atoms with E-state index in [0.717, 1.165) is 37.1 Å². The van der Waals surface area contributed by atoms with Crippen LogP contribution in [0.1, 0.15) is 195 Å². The Morgan fingerprint density at radius 3 is 1.93 bits per heavy atom. The number of likely N-dealkylation sites (tertiary alicyclic amines) is 2. The van der Waals surface area contributed by atoms with Crippen molar-refractivity contribution < 1.29 is 80.5 Å². The first-order valence-corrected chi connectivity index (χ1v) is 39.5. The van der Waals surface area contributed by atoms with Gasteiger partial charge in [0.05, 0.1) is 60.0 Å². The van der Waals surface area contributed by atoms with E-state index in [-0.39, 0.29) is 161 Å². The lowest BCUT2D eigenvalue weighted by Gasteiger charge is -2.41. The number of carbonyl (C=O) groups is 12. The zero-order valence-corrected chi connectivity index (χ0v) is 67.3. The van der Waals surface area contributed by atoms with Gasteiger partial charge in [0.2, 0.25) is 47.3 Å². The Morgan fingerprint density at radius 2 is 1.35 bits per heavy atom. The van der Waals surface area contributed by atoms with Gasteiger partial charge in [0.25, 0.3) is 0 Å². The van der Waals surface area contributed by atoms with Crippen molar-refractivity contribution >= 4 is 82.5 Å². The van der Waals surface area contributed by atoms with Crippen molar-refractivity contribution in [3.8, 4) is 0 Å². The van der Waals surface area contributed by atoms with Gasteiger partial charge in [0.15, 0.2) is 11.6 Å². The van der Waals surface area contributed by atoms with E-state index in [1.165, 1.54) is 41.8 Å². The standard InChI is InChI=1S/C80H125F2N9O15S/c1-17-52(8)74(89(14)78(101)60(50(4)5)44-66(94)73(51(6)7)87(11)12)67(104-15)45-71(97)91-47-56(42-64(91)75(105-16)53(9)76(99)85-38-37-58-61(81)28-26-29-62(58)82)88(13)80(103)106-48-55-35-33-54(34-36-55)41-65(93)63(30-22-23-31-69(83)95)86-77(100)59(49(2)3)43-57(92)27-20-18-24-39-90-72(98)46-68(79(90)102)107-40-25-19-21-32-70(96)84-10/h26,28-29,33-36,49-53,56,59-60,63-64,67-68,73-75H,17-25,27,30-32,37-48H2,1-16H3,(H2,83,95)(H,84,96)(H,85,99)(H,86,100)/t52-,53+,56-,59-,60-,63-,64-,67+,68?,73-,74-,75+/m0/s1. The van der Waals surface area contributed by atoms with Gasteiger partial charge in [-0.2, -0.15) is 0 Å². The maximum absolute atomic E-state index is 15.2. The minimum Gasteiger partial charge on any atom is -0.445 e. The molecule has 12 atom stereocenters. The van der Waals surface area contributed by atoms with Gasteiger partial charge in [0, 0.05) is 117 Å². The maximum Gasteiger partial charge on any atom is 0.410 e. The number of thioether (sulfide) groups is 1. The van der Waals surface area contributed by atoms with Gasteiger partial charge in [-0.1, -0.05) is 118 Å². The van der Waals surface area contributed by atoms with Crippen molar-refractivity contribution in [1.82, 2.24) is 40.4 Å². The number of likely N-dealkylation sites (N-methyl/N-ethyl adjacent to an activating group) is 3. The second-order valence-corrected chi connectivity index (χ2v) is 31.8. The molecular formula is C80H125F2N9O15S. The Balaban J connectivity index is 1.46. The van der Waals surface area contributed by atoms with Gasteiger partial charge < -0.3 is 50.6 Å². The summed E-state index contributed by atoms with van der Waals surface area (Å²) in [4.78, 5) is 170. The van der Waals surface area contributed by atoms with Crippen LogP contribution in [0.3, 0.4) is 0 Å². The molecule has 0 spiro atoms. The average molecular weight is 1520 g/mol. The van der Waals surface area contributed by atoms with E-state index < -0.39 is 107 Å². The van der Waals surface area contributed by atoms with Crippen LogP contribution in [0.2, 0.25) is 0 Å². The highest BCUT2D eigenvalue weighted by Crippen LogP contribution is 2.34.